The second-order valence-electron chi connectivity index (χ2n) is 5.70. The van der Waals surface area contributed by atoms with Crippen LogP contribution in [-0.2, 0) is 6.54 Å². The lowest BCUT2D eigenvalue weighted by Gasteiger charge is -2.31. The van der Waals surface area contributed by atoms with Crippen molar-refractivity contribution < 1.29 is 0 Å². The number of hydrogen-bond donors (Lipinski definition) is 1. The SMILES string of the molecule is CNc1ncccc1CN(C)CC1CCN(C)CC1. The molecule has 19 heavy (non-hydrogen) atoms. The van der Waals surface area contributed by atoms with E-state index in [1.54, 1.807) is 0 Å². The van der Waals surface area contributed by atoms with Gasteiger partial charge in [-0.1, -0.05) is 6.07 Å². The normalized spacial score (nSPS) is 17.9. The van der Waals surface area contributed by atoms with Gasteiger partial charge in [-0.05, 0) is 52.0 Å². The summed E-state index contributed by atoms with van der Waals surface area (Å²) in [5, 5.41) is 3.17. The van der Waals surface area contributed by atoms with Crippen LogP contribution in [0.5, 0.6) is 0 Å². The van der Waals surface area contributed by atoms with Crippen molar-refractivity contribution in [3.05, 3.63) is 23.9 Å². The zero-order valence-corrected chi connectivity index (χ0v) is 12.4. The smallest absolute Gasteiger partial charge is 0.130 e. The third-order valence-electron chi connectivity index (χ3n) is 3.98. The first-order valence-electron chi connectivity index (χ1n) is 7.17. The van der Waals surface area contributed by atoms with Crippen LogP contribution >= 0.6 is 0 Å². The first-order valence-corrected chi connectivity index (χ1v) is 7.17. The highest BCUT2D eigenvalue weighted by molar-refractivity contribution is 5.42. The molecule has 4 heteroatoms. The van der Waals surface area contributed by atoms with Gasteiger partial charge in [0, 0.05) is 31.9 Å². The number of anilines is 1. The molecule has 0 aromatic carbocycles. The van der Waals surface area contributed by atoms with Gasteiger partial charge in [-0.2, -0.15) is 0 Å². The molecule has 2 rings (SSSR count). The Morgan fingerprint density at radius 3 is 2.84 bits per heavy atom. The molecule has 106 valence electrons. The van der Waals surface area contributed by atoms with E-state index in [4.69, 9.17) is 0 Å². The number of pyridine rings is 1. The Bertz CT molecular complexity index is 385. The summed E-state index contributed by atoms with van der Waals surface area (Å²) in [4.78, 5) is 9.21. The van der Waals surface area contributed by atoms with Gasteiger partial charge in [0.1, 0.15) is 5.82 Å². The lowest BCUT2D eigenvalue weighted by atomic mass is 9.96. The Kier molecular flexibility index (Phi) is 5.16. The van der Waals surface area contributed by atoms with Gasteiger partial charge in [0.05, 0.1) is 0 Å². The van der Waals surface area contributed by atoms with Gasteiger partial charge in [0.15, 0.2) is 0 Å². The molecule has 1 saturated heterocycles. The van der Waals surface area contributed by atoms with Gasteiger partial charge in [0.25, 0.3) is 0 Å². The fourth-order valence-corrected chi connectivity index (χ4v) is 2.83. The zero-order chi connectivity index (χ0) is 13.7. The van der Waals surface area contributed by atoms with E-state index in [0.29, 0.717) is 0 Å². The minimum Gasteiger partial charge on any atom is -0.373 e. The van der Waals surface area contributed by atoms with Crippen LogP contribution in [0.1, 0.15) is 18.4 Å². The standard InChI is InChI=1S/C15H26N4/c1-16-15-14(5-4-8-17-15)12-19(3)11-13-6-9-18(2)10-7-13/h4-5,8,13H,6-7,9-12H2,1-3H3,(H,16,17). The third-order valence-corrected chi connectivity index (χ3v) is 3.98. The first kappa shape index (κ1) is 14.3. The minimum absolute atomic E-state index is 0.843. The van der Waals surface area contributed by atoms with Crippen molar-refractivity contribution in [3.63, 3.8) is 0 Å². The number of nitrogens with zero attached hydrogens (tertiary/aromatic N) is 3. The zero-order valence-electron chi connectivity index (χ0n) is 12.4. The van der Waals surface area contributed by atoms with Gasteiger partial charge in [-0.15, -0.1) is 0 Å². The van der Waals surface area contributed by atoms with E-state index in [9.17, 15) is 0 Å². The molecule has 4 nitrogen and oxygen atoms in total. The molecule has 0 bridgehead atoms. The quantitative estimate of drug-likeness (QED) is 0.878. The van der Waals surface area contributed by atoms with Crippen LogP contribution in [0.15, 0.2) is 18.3 Å². The van der Waals surface area contributed by atoms with Crippen LogP contribution in [-0.4, -0.2) is 55.6 Å². The Labute approximate surface area is 116 Å². The summed E-state index contributed by atoms with van der Waals surface area (Å²) in [6.07, 6.45) is 4.49. The summed E-state index contributed by atoms with van der Waals surface area (Å²) in [7, 11) is 6.36. The second-order valence-corrected chi connectivity index (χ2v) is 5.70. The van der Waals surface area contributed by atoms with Crippen molar-refractivity contribution in [2.45, 2.75) is 19.4 Å². The molecule has 1 aromatic heterocycles. The van der Waals surface area contributed by atoms with Crippen molar-refractivity contribution in [2.24, 2.45) is 5.92 Å². The van der Waals surface area contributed by atoms with Crippen molar-refractivity contribution >= 4 is 5.82 Å². The monoisotopic (exact) mass is 262 g/mol. The maximum Gasteiger partial charge on any atom is 0.130 e. The highest BCUT2D eigenvalue weighted by Crippen LogP contribution is 2.19. The predicted molar refractivity (Wildman–Crippen MR) is 80.3 cm³/mol. The van der Waals surface area contributed by atoms with E-state index in [-0.39, 0.29) is 0 Å². The Morgan fingerprint density at radius 1 is 1.42 bits per heavy atom. The van der Waals surface area contributed by atoms with Crippen molar-refractivity contribution in [3.8, 4) is 0 Å². The van der Waals surface area contributed by atoms with Gasteiger partial charge >= 0.3 is 0 Å². The van der Waals surface area contributed by atoms with Crippen molar-refractivity contribution in [2.75, 3.05) is 46.1 Å². The first-order chi connectivity index (χ1) is 9.19. The van der Waals surface area contributed by atoms with Crippen LogP contribution in [0.25, 0.3) is 0 Å². The maximum absolute atomic E-state index is 4.36. The largest absolute Gasteiger partial charge is 0.373 e. The number of aromatic nitrogens is 1. The molecule has 1 aromatic rings. The summed E-state index contributed by atoms with van der Waals surface area (Å²) >= 11 is 0. The summed E-state index contributed by atoms with van der Waals surface area (Å²) in [5.74, 6) is 1.84. The van der Waals surface area contributed by atoms with Crippen LogP contribution in [0.4, 0.5) is 5.82 Å². The Hall–Kier alpha value is -1.13. The van der Waals surface area contributed by atoms with Crippen LogP contribution in [0.3, 0.4) is 0 Å². The van der Waals surface area contributed by atoms with Gasteiger partial charge in [-0.25, -0.2) is 4.98 Å². The molecule has 2 heterocycles. The van der Waals surface area contributed by atoms with Crippen LogP contribution in [0.2, 0.25) is 0 Å². The molecule has 1 fully saturated rings. The van der Waals surface area contributed by atoms with Crippen LogP contribution in [0, 0.1) is 5.92 Å². The molecule has 1 aliphatic rings. The molecule has 1 N–H and O–H groups in total. The van der Waals surface area contributed by atoms with Crippen molar-refractivity contribution in [1.29, 1.82) is 0 Å². The van der Waals surface area contributed by atoms with Gasteiger partial charge in [0.2, 0.25) is 0 Å². The number of piperidine rings is 1. The highest BCUT2D eigenvalue weighted by Gasteiger charge is 2.18. The summed E-state index contributed by atoms with van der Waals surface area (Å²) in [6.45, 7) is 4.64. The van der Waals surface area contributed by atoms with E-state index in [2.05, 4.69) is 40.3 Å². The molecule has 0 aliphatic carbocycles. The summed E-state index contributed by atoms with van der Waals surface area (Å²) in [5.41, 5.74) is 1.28. The van der Waals surface area contributed by atoms with E-state index in [0.717, 1.165) is 18.3 Å². The number of likely N-dealkylation sites (tertiary alicyclic amines) is 1. The average Bonchev–Trinajstić information content (AvgIpc) is 2.42. The summed E-state index contributed by atoms with van der Waals surface area (Å²) < 4.78 is 0. The van der Waals surface area contributed by atoms with Gasteiger partial charge in [-0.3, -0.25) is 0 Å². The van der Waals surface area contributed by atoms with Crippen LogP contribution < -0.4 is 5.32 Å². The van der Waals surface area contributed by atoms with E-state index >= 15 is 0 Å². The third kappa shape index (κ3) is 4.18. The van der Waals surface area contributed by atoms with Gasteiger partial charge < -0.3 is 15.1 Å². The molecule has 0 atom stereocenters. The van der Waals surface area contributed by atoms with Crippen molar-refractivity contribution in [1.82, 2.24) is 14.8 Å². The fourth-order valence-electron chi connectivity index (χ4n) is 2.83. The molecule has 0 spiro atoms. The fraction of sp³-hybridized carbons (Fsp3) is 0.667. The average molecular weight is 262 g/mol. The molecule has 0 saturated carbocycles. The summed E-state index contributed by atoms with van der Waals surface area (Å²) in [6, 6.07) is 4.17. The number of nitrogens with one attached hydrogen (secondary N) is 1. The molecule has 0 unspecified atom stereocenters. The van der Waals surface area contributed by atoms with E-state index < -0.39 is 0 Å². The molecular weight excluding hydrogens is 236 g/mol. The Morgan fingerprint density at radius 2 is 2.16 bits per heavy atom. The topological polar surface area (TPSA) is 31.4 Å². The lowest BCUT2D eigenvalue weighted by Crippen LogP contribution is -2.35. The minimum atomic E-state index is 0.843. The maximum atomic E-state index is 4.36. The Balaban J connectivity index is 1.85. The molecular formula is C15H26N4. The second kappa shape index (κ2) is 6.87. The van der Waals surface area contributed by atoms with E-state index in [1.807, 2.05) is 19.3 Å². The number of hydrogen-bond acceptors (Lipinski definition) is 4. The lowest BCUT2D eigenvalue weighted by molar-refractivity contribution is 0.173. The number of rotatable bonds is 5. The molecule has 0 radical (unpaired) electrons. The molecule has 0 amide bonds. The molecule has 1 aliphatic heterocycles. The highest BCUT2D eigenvalue weighted by atomic mass is 15.1. The predicted octanol–water partition coefficient (Wildman–Crippen LogP) is 1.90. The van der Waals surface area contributed by atoms with E-state index in [1.165, 1.54) is 38.0 Å².